The number of carbonyl (C=O) groups is 1. The summed E-state index contributed by atoms with van der Waals surface area (Å²) >= 11 is 0. The molecule has 0 atom stereocenters. The minimum atomic E-state index is -4.24. The summed E-state index contributed by atoms with van der Waals surface area (Å²) in [7, 11) is -4.24. The largest absolute Gasteiger partial charge is 0.457 e. The molecule has 2 aromatic rings. The molecular weight excluding hydrogens is 316 g/mol. The van der Waals surface area contributed by atoms with Gasteiger partial charge in [-0.2, -0.15) is 0 Å². The number of rotatable bonds is 3. The van der Waals surface area contributed by atoms with E-state index < -0.39 is 32.5 Å². The Hall–Kier alpha value is -2.48. The van der Waals surface area contributed by atoms with Crippen LogP contribution in [0.3, 0.4) is 0 Å². The summed E-state index contributed by atoms with van der Waals surface area (Å²) in [4.78, 5) is 10.8. The molecule has 0 amide bonds. The second-order valence-electron chi connectivity index (χ2n) is 4.63. The topological polar surface area (TPSA) is 72.5 Å². The average molecular weight is 325 g/mol. The minimum absolute atomic E-state index is 0.0846. The van der Waals surface area contributed by atoms with Crippen LogP contribution in [0.2, 0.25) is 0 Å². The molecule has 3 rings (SSSR count). The van der Waals surface area contributed by atoms with Gasteiger partial charge in [-0.25, -0.2) is 22.0 Å². The van der Waals surface area contributed by atoms with Crippen molar-refractivity contribution in [3.8, 4) is 0 Å². The van der Waals surface area contributed by atoms with E-state index in [2.05, 4.69) is 4.72 Å². The van der Waals surface area contributed by atoms with E-state index in [1.54, 1.807) is 6.07 Å². The molecule has 114 valence electrons. The highest BCUT2D eigenvalue weighted by Gasteiger charge is 2.24. The van der Waals surface area contributed by atoms with Crippen molar-refractivity contribution in [2.24, 2.45) is 0 Å². The number of hydrogen-bond donors (Lipinski definition) is 1. The quantitative estimate of drug-likeness (QED) is 0.880. The molecule has 22 heavy (non-hydrogen) atoms. The zero-order valence-electron chi connectivity index (χ0n) is 11.0. The summed E-state index contributed by atoms with van der Waals surface area (Å²) < 4.78 is 57.7. The van der Waals surface area contributed by atoms with Crippen LogP contribution in [-0.4, -0.2) is 14.4 Å². The first kappa shape index (κ1) is 14.5. The van der Waals surface area contributed by atoms with Crippen LogP contribution in [-0.2, 0) is 21.4 Å². The molecule has 1 aliphatic heterocycles. The molecule has 0 aliphatic carbocycles. The summed E-state index contributed by atoms with van der Waals surface area (Å²) in [6, 6.07) is 6.43. The van der Waals surface area contributed by atoms with E-state index in [9.17, 15) is 22.0 Å². The third kappa shape index (κ3) is 2.52. The zero-order chi connectivity index (χ0) is 15.9. The summed E-state index contributed by atoms with van der Waals surface area (Å²) in [6.45, 7) is 0.133. The first-order valence-electron chi connectivity index (χ1n) is 6.15. The highest BCUT2D eigenvalue weighted by atomic mass is 32.2. The third-order valence-corrected chi connectivity index (χ3v) is 4.54. The van der Waals surface area contributed by atoms with Crippen LogP contribution in [0.5, 0.6) is 0 Å². The van der Waals surface area contributed by atoms with Crippen molar-refractivity contribution in [2.75, 3.05) is 4.72 Å². The first-order chi connectivity index (χ1) is 10.4. The van der Waals surface area contributed by atoms with E-state index in [1.807, 2.05) is 0 Å². The van der Waals surface area contributed by atoms with E-state index in [0.717, 1.165) is 12.1 Å². The van der Waals surface area contributed by atoms with Crippen LogP contribution in [0.15, 0.2) is 41.3 Å². The average Bonchev–Trinajstić information content (AvgIpc) is 2.79. The zero-order valence-corrected chi connectivity index (χ0v) is 11.8. The predicted octanol–water partition coefficient (Wildman–Crippen LogP) is 2.44. The van der Waals surface area contributed by atoms with Crippen molar-refractivity contribution < 1.29 is 26.7 Å². The molecule has 0 bridgehead atoms. The Morgan fingerprint density at radius 3 is 2.59 bits per heavy atom. The Morgan fingerprint density at radius 1 is 1.09 bits per heavy atom. The standard InChI is InChI=1S/C14H9F2NO4S/c15-9-2-4-13(12(16)5-9)22(19,20)17-10-3-1-8-7-21-14(18)11(8)6-10/h1-6,17H,7H2. The Balaban J connectivity index is 1.95. The van der Waals surface area contributed by atoms with Crippen molar-refractivity contribution in [2.45, 2.75) is 11.5 Å². The minimum Gasteiger partial charge on any atom is -0.457 e. The predicted molar refractivity (Wildman–Crippen MR) is 72.7 cm³/mol. The Morgan fingerprint density at radius 2 is 1.86 bits per heavy atom. The van der Waals surface area contributed by atoms with Gasteiger partial charge in [0.05, 0.1) is 5.56 Å². The maximum Gasteiger partial charge on any atom is 0.338 e. The van der Waals surface area contributed by atoms with Crippen molar-refractivity contribution >= 4 is 21.7 Å². The van der Waals surface area contributed by atoms with Crippen LogP contribution < -0.4 is 4.72 Å². The summed E-state index contributed by atoms with van der Waals surface area (Å²) in [5.74, 6) is -2.63. The fraction of sp³-hybridized carbons (Fsp3) is 0.0714. The van der Waals surface area contributed by atoms with Gasteiger partial charge in [0.15, 0.2) is 0 Å². The molecule has 1 heterocycles. The molecule has 5 nitrogen and oxygen atoms in total. The van der Waals surface area contributed by atoms with Gasteiger partial charge in [-0.3, -0.25) is 4.72 Å². The lowest BCUT2D eigenvalue weighted by atomic mass is 10.1. The Kier molecular flexibility index (Phi) is 3.32. The molecule has 1 aliphatic rings. The van der Waals surface area contributed by atoms with Crippen molar-refractivity contribution in [3.05, 3.63) is 59.2 Å². The second kappa shape index (κ2) is 5.06. The number of fused-ring (bicyclic) bond motifs is 1. The lowest BCUT2D eigenvalue weighted by Crippen LogP contribution is -2.15. The molecule has 0 fully saturated rings. The molecule has 2 aromatic carbocycles. The monoisotopic (exact) mass is 325 g/mol. The Bertz CT molecular complexity index is 880. The lowest BCUT2D eigenvalue weighted by molar-refractivity contribution is 0.0535. The van der Waals surface area contributed by atoms with Crippen LogP contribution in [0.25, 0.3) is 0 Å². The van der Waals surface area contributed by atoms with Gasteiger partial charge in [0.2, 0.25) is 0 Å². The van der Waals surface area contributed by atoms with E-state index in [4.69, 9.17) is 4.74 Å². The Labute approximate surface area is 124 Å². The van der Waals surface area contributed by atoms with E-state index in [0.29, 0.717) is 11.6 Å². The van der Waals surface area contributed by atoms with Gasteiger partial charge in [0.25, 0.3) is 10.0 Å². The molecule has 0 saturated carbocycles. The third-order valence-electron chi connectivity index (χ3n) is 3.12. The lowest BCUT2D eigenvalue weighted by Gasteiger charge is -2.09. The molecule has 0 aromatic heterocycles. The number of anilines is 1. The second-order valence-corrected chi connectivity index (χ2v) is 6.28. The van der Waals surface area contributed by atoms with Gasteiger partial charge < -0.3 is 4.74 Å². The van der Waals surface area contributed by atoms with Gasteiger partial charge in [-0.05, 0) is 24.3 Å². The van der Waals surface area contributed by atoms with Crippen molar-refractivity contribution in [1.82, 2.24) is 0 Å². The molecule has 0 spiro atoms. The van der Waals surface area contributed by atoms with Gasteiger partial charge in [0, 0.05) is 17.3 Å². The molecular formula is C14H9F2NO4S. The number of hydrogen-bond acceptors (Lipinski definition) is 4. The number of carbonyl (C=O) groups excluding carboxylic acids is 1. The van der Waals surface area contributed by atoms with Crippen LogP contribution in [0.1, 0.15) is 15.9 Å². The van der Waals surface area contributed by atoms with Gasteiger partial charge in [0.1, 0.15) is 23.1 Å². The highest BCUT2D eigenvalue weighted by Crippen LogP contribution is 2.25. The highest BCUT2D eigenvalue weighted by molar-refractivity contribution is 7.92. The normalized spacial score (nSPS) is 13.6. The number of ether oxygens (including phenoxy) is 1. The molecule has 0 saturated heterocycles. The SMILES string of the molecule is O=C1OCc2ccc(NS(=O)(=O)c3ccc(F)cc3F)cc21. The smallest absolute Gasteiger partial charge is 0.338 e. The van der Waals surface area contributed by atoms with Crippen LogP contribution in [0.4, 0.5) is 14.5 Å². The number of nitrogens with one attached hydrogen (secondary N) is 1. The number of cyclic esters (lactones) is 1. The number of sulfonamides is 1. The number of esters is 1. The molecule has 0 radical (unpaired) electrons. The first-order valence-corrected chi connectivity index (χ1v) is 7.63. The fourth-order valence-electron chi connectivity index (χ4n) is 2.08. The fourth-order valence-corrected chi connectivity index (χ4v) is 3.19. The summed E-state index contributed by atoms with van der Waals surface area (Å²) in [5, 5.41) is 0. The van der Waals surface area contributed by atoms with Crippen molar-refractivity contribution in [1.29, 1.82) is 0 Å². The molecule has 8 heteroatoms. The summed E-state index contributed by atoms with van der Waals surface area (Å²) in [5.41, 5.74) is 0.974. The number of benzene rings is 2. The summed E-state index contributed by atoms with van der Waals surface area (Å²) in [6.07, 6.45) is 0. The van der Waals surface area contributed by atoms with E-state index in [1.165, 1.54) is 12.1 Å². The number of halogens is 2. The molecule has 0 unspecified atom stereocenters. The van der Waals surface area contributed by atoms with E-state index in [-0.39, 0.29) is 17.9 Å². The molecule has 1 N–H and O–H groups in total. The van der Waals surface area contributed by atoms with Gasteiger partial charge in [-0.15, -0.1) is 0 Å². The van der Waals surface area contributed by atoms with E-state index >= 15 is 0 Å². The maximum atomic E-state index is 13.6. The van der Waals surface area contributed by atoms with Crippen LogP contribution in [0, 0.1) is 11.6 Å². The van der Waals surface area contributed by atoms with Gasteiger partial charge >= 0.3 is 5.97 Å². The van der Waals surface area contributed by atoms with Crippen LogP contribution >= 0.6 is 0 Å². The maximum absolute atomic E-state index is 13.6. The van der Waals surface area contributed by atoms with Gasteiger partial charge in [-0.1, -0.05) is 6.07 Å². The van der Waals surface area contributed by atoms with Crippen molar-refractivity contribution in [3.63, 3.8) is 0 Å².